The standard InChI is InChI=1S/C4H5NO5/c6-2-5(10-3-7)1-4(8)9/h2-3H,1H2,(H,8,9). The van der Waals surface area contributed by atoms with Crippen LogP contribution in [0.5, 0.6) is 0 Å². The highest BCUT2D eigenvalue weighted by atomic mass is 16.7. The molecule has 0 aliphatic heterocycles. The Balaban J connectivity index is 3.70. The summed E-state index contributed by atoms with van der Waals surface area (Å²) in [4.78, 5) is 33.1. The van der Waals surface area contributed by atoms with Crippen molar-refractivity contribution in [3.8, 4) is 0 Å². The van der Waals surface area contributed by atoms with E-state index in [0.717, 1.165) is 0 Å². The van der Waals surface area contributed by atoms with Crippen molar-refractivity contribution in [3.63, 3.8) is 0 Å². The number of carboxylic acids is 1. The van der Waals surface area contributed by atoms with Crippen LogP contribution in [0.1, 0.15) is 0 Å². The Morgan fingerprint density at radius 1 is 1.60 bits per heavy atom. The van der Waals surface area contributed by atoms with Crippen LogP contribution in [-0.2, 0) is 19.2 Å². The summed E-state index contributed by atoms with van der Waals surface area (Å²) in [6, 6.07) is 0. The van der Waals surface area contributed by atoms with Crippen LogP contribution in [0.25, 0.3) is 0 Å². The largest absolute Gasteiger partial charge is 0.480 e. The molecule has 6 nitrogen and oxygen atoms in total. The highest BCUT2D eigenvalue weighted by Gasteiger charge is 2.05. The van der Waals surface area contributed by atoms with Crippen LogP contribution in [-0.4, -0.2) is 35.6 Å². The third-order valence-electron chi connectivity index (χ3n) is 0.587. The predicted octanol–water partition coefficient (Wildman–Crippen LogP) is -1.38. The zero-order valence-electron chi connectivity index (χ0n) is 4.89. The number of carbonyl (C=O) groups excluding carboxylic acids is 2. The average molecular weight is 147 g/mol. The smallest absolute Gasteiger partial charge is 0.326 e. The van der Waals surface area contributed by atoms with E-state index in [4.69, 9.17) is 5.11 Å². The molecular weight excluding hydrogens is 142 g/mol. The maximum absolute atomic E-state index is 9.85. The molecule has 0 saturated heterocycles. The number of hydroxylamine groups is 2. The van der Waals surface area contributed by atoms with Gasteiger partial charge < -0.3 is 9.94 Å². The lowest BCUT2D eigenvalue weighted by atomic mass is 10.7. The van der Waals surface area contributed by atoms with Gasteiger partial charge in [0.2, 0.25) is 6.41 Å². The number of carbonyl (C=O) groups is 3. The van der Waals surface area contributed by atoms with Gasteiger partial charge in [0.1, 0.15) is 0 Å². The van der Waals surface area contributed by atoms with Gasteiger partial charge in [-0.3, -0.25) is 14.4 Å². The first kappa shape index (κ1) is 8.41. The normalized spacial score (nSPS) is 8.00. The summed E-state index contributed by atoms with van der Waals surface area (Å²) in [5.41, 5.74) is 0. The maximum atomic E-state index is 9.85. The molecule has 10 heavy (non-hydrogen) atoms. The molecule has 0 aliphatic rings. The number of hydrogen-bond donors (Lipinski definition) is 1. The van der Waals surface area contributed by atoms with Crippen molar-refractivity contribution in [2.45, 2.75) is 0 Å². The Morgan fingerprint density at radius 2 is 2.20 bits per heavy atom. The molecule has 0 rings (SSSR count). The second kappa shape index (κ2) is 4.30. The van der Waals surface area contributed by atoms with Gasteiger partial charge in [0.15, 0.2) is 6.54 Å². The molecule has 0 aromatic heterocycles. The van der Waals surface area contributed by atoms with Gasteiger partial charge in [-0.2, -0.15) is 5.06 Å². The Labute approximate surface area is 55.9 Å². The fourth-order valence-corrected chi connectivity index (χ4v) is 0.288. The van der Waals surface area contributed by atoms with E-state index in [1.54, 1.807) is 0 Å². The van der Waals surface area contributed by atoms with E-state index >= 15 is 0 Å². The van der Waals surface area contributed by atoms with E-state index < -0.39 is 12.5 Å². The molecule has 6 heteroatoms. The highest BCUT2D eigenvalue weighted by Crippen LogP contribution is 1.80. The summed E-state index contributed by atoms with van der Waals surface area (Å²) in [5.74, 6) is -1.26. The first-order chi connectivity index (χ1) is 4.70. The van der Waals surface area contributed by atoms with Crippen molar-refractivity contribution in [3.05, 3.63) is 0 Å². The van der Waals surface area contributed by atoms with Crippen molar-refractivity contribution >= 4 is 18.9 Å². The fourth-order valence-electron chi connectivity index (χ4n) is 0.288. The van der Waals surface area contributed by atoms with E-state index in [1.165, 1.54) is 0 Å². The van der Waals surface area contributed by atoms with Gasteiger partial charge in [-0.25, -0.2) is 0 Å². The van der Waals surface area contributed by atoms with E-state index in [9.17, 15) is 14.4 Å². The molecule has 0 saturated carbocycles. The minimum absolute atomic E-state index is 0.0304. The van der Waals surface area contributed by atoms with Gasteiger partial charge in [-0.15, -0.1) is 0 Å². The van der Waals surface area contributed by atoms with Crippen LogP contribution in [0.15, 0.2) is 0 Å². The van der Waals surface area contributed by atoms with Crippen LogP contribution in [0.2, 0.25) is 0 Å². The maximum Gasteiger partial charge on any atom is 0.326 e. The molecule has 0 unspecified atom stereocenters. The number of amides is 1. The monoisotopic (exact) mass is 147 g/mol. The van der Waals surface area contributed by atoms with Crippen molar-refractivity contribution in [1.82, 2.24) is 5.06 Å². The van der Waals surface area contributed by atoms with Gasteiger partial charge in [0.05, 0.1) is 0 Å². The van der Waals surface area contributed by atoms with Crippen molar-refractivity contribution in [2.75, 3.05) is 6.54 Å². The van der Waals surface area contributed by atoms with Crippen LogP contribution in [0, 0.1) is 0 Å². The predicted molar refractivity (Wildman–Crippen MR) is 27.6 cm³/mol. The molecule has 0 spiro atoms. The zero-order chi connectivity index (χ0) is 7.98. The first-order valence-corrected chi connectivity index (χ1v) is 2.25. The molecule has 1 N–H and O–H groups in total. The lowest BCUT2D eigenvalue weighted by Crippen LogP contribution is -2.28. The third kappa shape index (κ3) is 3.42. The molecule has 0 aromatic rings. The van der Waals surface area contributed by atoms with Crippen molar-refractivity contribution in [1.29, 1.82) is 0 Å². The number of hydrogen-bond acceptors (Lipinski definition) is 4. The summed E-state index contributed by atoms with van der Waals surface area (Å²) in [5, 5.41) is 8.40. The van der Waals surface area contributed by atoms with E-state index in [2.05, 4.69) is 4.84 Å². The van der Waals surface area contributed by atoms with Gasteiger partial charge in [-0.05, 0) is 0 Å². The van der Waals surface area contributed by atoms with E-state index in [-0.39, 0.29) is 12.9 Å². The lowest BCUT2D eigenvalue weighted by molar-refractivity contribution is -0.182. The summed E-state index contributed by atoms with van der Waals surface area (Å²) in [7, 11) is 0. The SMILES string of the molecule is O=CON(C=O)CC(=O)O. The molecule has 0 aliphatic carbocycles. The summed E-state index contributed by atoms with van der Waals surface area (Å²) in [6.45, 7) is -0.681. The molecule has 0 atom stereocenters. The van der Waals surface area contributed by atoms with Crippen LogP contribution in [0.3, 0.4) is 0 Å². The molecule has 56 valence electrons. The fraction of sp³-hybridized carbons (Fsp3) is 0.250. The molecule has 1 amide bonds. The molecule has 0 heterocycles. The molecular formula is C4H5NO5. The van der Waals surface area contributed by atoms with E-state index in [0.29, 0.717) is 5.06 Å². The minimum Gasteiger partial charge on any atom is -0.480 e. The third-order valence-corrected chi connectivity index (χ3v) is 0.587. The van der Waals surface area contributed by atoms with Crippen LogP contribution in [0.4, 0.5) is 0 Å². The topological polar surface area (TPSA) is 83.9 Å². The number of rotatable bonds is 5. The second-order valence-corrected chi connectivity index (χ2v) is 1.28. The summed E-state index contributed by atoms with van der Waals surface area (Å²) >= 11 is 0. The molecule has 0 bridgehead atoms. The van der Waals surface area contributed by atoms with Gasteiger partial charge in [-0.1, -0.05) is 0 Å². The van der Waals surface area contributed by atoms with Gasteiger partial charge in [0.25, 0.3) is 0 Å². The van der Waals surface area contributed by atoms with Gasteiger partial charge in [0, 0.05) is 0 Å². The zero-order valence-corrected chi connectivity index (χ0v) is 4.89. The first-order valence-electron chi connectivity index (χ1n) is 2.25. The summed E-state index contributed by atoms with van der Waals surface area (Å²) < 4.78 is 0. The molecule has 0 aromatic carbocycles. The quantitative estimate of drug-likeness (QED) is 0.382. The Bertz CT molecular complexity index is 145. The highest BCUT2D eigenvalue weighted by molar-refractivity contribution is 5.71. The number of nitrogens with zero attached hydrogens (tertiary/aromatic N) is 1. The second-order valence-electron chi connectivity index (χ2n) is 1.28. The van der Waals surface area contributed by atoms with E-state index in [1.807, 2.05) is 0 Å². The van der Waals surface area contributed by atoms with Crippen molar-refractivity contribution < 1.29 is 24.3 Å². The molecule has 0 fully saturated rings. The Hall–Kier alpha value is -1.59. The van der Waals surface area contributed by atoms with Crippen molar-refractivity contribution in [2.24, 2.45) is 0 Å². The Morgan fingerprint density at radius 3 is 2.50 bits per heavy atom. The Kier molecular flexibility index (Phi) is 3.62. The van der Waals surface area contributed by atoms with Crippen LogP contribution < -0.4 is 0 Å². The minimum atomic E-state index is -1.26. The summed E-state index contributed by atoms with van der Waals surface area (Å²) in [6.07, 6.45) is 0.0997. The van der Waals surface area contributed by atoms with Crippen LogP contribution >= 0.6 is 0 Å². The average Bonchev–Trinajstić information content (AvgIpc) is 1.86. The lowest BCUT2D eigenvalue weighted by Gasteiger charge is -2.08. The number of aliphatic carboxylic acids is 1. The van der Waals surface area contributed by atoms with Gasteiger partial charge >= 0.3 is 12.4 Å². The molecule has 0 radical (unpaired) electrons. The number of carboxylic acid groups (broad SMARTS) is 1.